The Morgan fingerprint density at radius 1 is 1.00 bits per heavy atom. The number of aryl methyl sites for hydroxylation is 1. The van der Waals surface area contributed by atoms with Crippen LogP contribution in [0.4, 0.5) is 0 Å². The van der Waals surface area contributed by atoms with Crippen LogP contribution in [0.3, 0.4) is 0 Å². The van der Waals surface area contributed by atoms with Crippen LogP contribution in [0.2, 0.25) is 10.0 Å². The summed E-state index contributed by atoms with van der Waals surface area (Å²) in [7, 11) is -1.88. The molecule has 1 aromatic heterocycles. The average Bonchev–Trinajstić information content (AvgIpc) is 3.06. The minimum atomic E-state index is -3.78. The van der Waals surface area contributed by atoms with Crippen molar-refractivity contribution in [1.82, 2.24) is 13.8 Å². The molecule has 1 aliphatic heterocycles. The molecule has 1 fully saturated rings. The van der Waals surface area contributed by atoms with Crippen LogP contribution in [0.5, 0.6) is 0 Å². The predicted molar refractivity (Wildman–Crippen MR) is 114 cm³/mol. The molecule has 0 saturated carbocycles. The first-order valence-electron chi connectivity index (χ1n) is 9.07. The Labute approximate surface area is 179 Å². The molecule has 1 amide bonds. The van der Waals surface area contributed by atoms with Crippen molar-refractivity contribution in [3.63, 3.8) is 0 Å². The highest BCUT2D eigenvalue weighted by atomic mass is 35.5. The summed E-state index contributed by atoms with van der Waals surface area (Å²) in [6, 6.07) is 12.1. The van der Waals surface area contributed by atoms with Gasteiger partial charge in [0.15, 0.2) is 0 Å². The molecule has 0 aliphatic carbocycles. The summed E-state index contributed by atoms with van der Waals surface area (Å²) < 4.78 is 29.2. The van der Waals surface area contributed by atoms with Crippen molar-refractivity contribution < 1.29 is 13.2 Å². The second kappa shape index (κ2) is 7.65. The Kier molecular flexibility index (Phi) is 5.33. The maximum atomic E-state index is 13.1. The van der Waals surface area contributed by atoms with Gasteiger partial charge in [-0.15, -0.1) is 0 Å². The number of hydrogen-bond acceptors (Lipinski definition) is 3. The van der Waals surface area contributed by atoms with E-state index in [0.29, 0.717) is 23.7 Å². The molecule has 9 heteroatoms. The molecule has 0 spiro atoms. The van der Waals surface area contributed by atoms with Gasteiger partial charge in [-0.3, -0.25) is 4.79 Å². The molecule has 2 aromatic carbocycles. The van der Waals surface area contributed by atoms with E-state index in [1.54, 1.807) is 11.0 Å². The molecule has 6 nitrogen and oxygen atoms in total. The quantitative estimate of drug-likeness (QED) is 0.610. The number of carbonyl (C=O) groups excluding carboxylic acids is 1. The van der Waals surface area contributed by atoms with Crippen LogP contribution in [-0.2, 0) is 17.1 Å². The van der Waals surface area contributed by atoms with Crippen molar-refractivity contribution in [3.8, 4) is 0 Å². The van der Waals surface area contributed by atoms with Crippen molar-refractivity contribution in [2.45, 2.75) is 4.90 Å². The van der Waals surface area contributed by atoms with E-state index in [0.717, 1.165) is 10.9 Å². The Balaban J connectivity index is 1.53. The normalized spacial score (nSPS) is 15.8. The fraction of sp³-hybridized carbons (Fsp3) is 0.250. The third kappa shape index (κ3) is 3.64. The van der Waals surface area contributed by atoms with Gasteiger partial charge in [-0.2, -0.15) is 4.31 Å². The number of piperazine rings is 1. The average molecular weight is 452 g/mol. The maximum Gasteiger partial charge on any atom is 0.256 e. The number of nitrogens with zero attached hydrogens (tertiary/aromatic N) is 3. The summed E-state index contributed by atoms with van der Waals surface area (Å²) in [4.78, 5) is 14.7. The number of fused-ring (bicyclic) bond motifs is 1. The van der Waals surface area contributed by atoms with Crippen molar-refractivity contribution >= 4 is 50.0 Å². The number of amides is 1. The zero-order valence-corrected chi connectivity index (χ0v) is 18.0. The van der Waals surface area contributed by atoms with E-state index in [1.807, 2.05) is 42.1 Å². The minimum absolute atomic E-state index is 0.0134. The number of para-hydroxylation sites is 1. The van der Waals surface area contributed by atoms with E-state index in [-0.39, 0.29) is 28.9 Å². The summed E-state index contributed by atoms with van der Waals surface area (Å²) >= 11 is 12.0. The van der Waals surface area contributed by atoms with Gasteiger partial charge in [0.2, 0.25) is 10.0 Å². The number of aromatic nitrogens is 1. The van der Waals surface area contributed by atoms with Gasteiger partial charge in [-0.05, 0) is 24.3 Å². The van der Waals surface area contributed by atoms with E-state index in [4.69, 9.17) is 23.2 Å². The van der Waals surface area contributed by atoms with Crippen molar-refractivity contribution in [1.29, 1.82) is 0 Å². The molecule has 0 radical (unpaired) electrons. The number of benzene rings is 2. The minimum Gasteiger partial charge on any atom is -0.350 e. The summed E-state index contributed by atoms with van der Waals surface area (Å²) in [5, 5.41) is 1.32. The van der Waals surface area contributed by atoms with E-state index >= 15 is 0 Å². The Morgan fingerprint density at radius 2 is 1.69 bits per heavy atom. The fourth-order valence-electron chi connectivity index (χ4n) is 3.63. The Hall–Kier alpha value is -2.06. The molecule has 152 valence electrons. The summed E-state index contributed by atoms with van der Waals surface area (Å²) in [5.74, 6) is -0.0976. The summed E-state index contributed by atoms with van der Waals surface area (Å²) in [5.41, 5.74) is 1.60. The van der Waals surface area contributed by atoms with Crippen molar-refractivity contribution in [2.75, 3.05) is 26.2 Å². The van der Waals surface area contributed by atoms with Gasteiger partial charge in [0, 0.05) is 55.3 Å². The van der Waals surface area contributed by atoms with Crippen LogP contribution in [-0.4, -0.2) is 54.3 Å². The SMILES string of the molecule is Cn1cc(C(=O)N2CCN(S(=O)(=O)c3cc(Cl)ccc3Cl)CC2)c2ccccc21. The van der Waals surface area contributed by atoms with Crippen LogP contribution >= 0.6 is 23.2 Å². The van der Waals surface area contributed by atoms with Gasteiger partial charge in [-0.1, -0.05) is 41.4 Å². The third-order valence-electron chi connectivity index (χ3n) is 5.16. The largest absolute Gasteiger partial charge is 0.350 e. The van der Waals surface area contributed by atoms with E-state index in [2.05, 4.69) is 0 Å². The molecular weight excluding hydrogens is 433 g/mol. The number of hydrogen-bond donors (Lipinski definition) is 0. The highest BCUT2D eigenvalue weighted by Crippen LogP contribution is 2.29. The molecule has 1 saturated heterocycles. The lowest BCUT2D eigenvalue weighted by Crippen LogP contribution is -2.50. The van der Waals surface area contributed by atoms with Crippen LogP contribution in [0.1, 0.15) is 10.4 Å². The molecule has 0 atom stereocenters. The lowest BCUT2D eigenvalue weighted by molar-refractivity contribution is 0.0699. The van der Waals surface area contributed by atoms with Crippen LogP contribution in [0.25, 0.3) is 10.9 Å². The first-order valence-corrected chi connectivity index (χ1v) is 11.3. The van der Waals surface area contributed by atoms with Gasteiger partial charge in [0.25, 0.3) is 5.91 Å². The first-order chi connectivity index (χ1) is 13.8. The fourth-order valence-corrected chi connectivity index (χ4v) is 5.79. The second-order valence-corrected chi connectivity index (χ2v) is 9.69. The summed E-state index contributed by atoms with van der Waals surface area (Å²) in [6.07, 6.45) is 1.82. The number of halogens is 2. The van der Waals surface area contributed by atoms with Gasteiger partial charge < -0.3 is 9.47 Å². The number of rotatable bonds is 3. The molecule has 0 unspecified atom stereocenters. The van der Waals surface area contributed by atoms with E-state index in [1.165, 1.54) is 16.4 Å². The van der Waals surface area contributed by atoms with Gasteiger partial charge in [0.05, 0.1) is 10.6 Å². The molecular formula is C20H19Cl2N3O3S. The highest BCUT2D eigenvalue weighted by Gasteiger charge is 2.32. The number of sulfonamides is 1. The molecule has 0 bridgehead atoms. The lowest BCUT2D eigenvalue weighted by atomic mass is 10.1. The molecule has 0 N–H and O–H groups in total. The van der Waals surface area contributed by atoms with E-state index < -0.39 is 10.0 Å². The molecule has 3 aromatic rings. The monoisotopic (exact) mass is 451 g/mol. The predicted octanol–water partition coefficient (Wildman–Crippen LogP) is 3.63. The molecule has 4 rings (SSSR count). The van der Waals surface area contributed by atoms with Crippen LogP contribution < -0.4 is 0 Å². The van der Waals surface area contributed by atoms with Crippen molar-refractivity contribution in [2.24, 2.45) is 7.05 Å². The van der Waals surface area contributed by atoms with Gasteiger partial charge >= 0.3 is 0 Å². The highest BCUT2D eigenvalue weighted by molar-refractivity contribution is 7.89. The lowest BCUT2D eigenvalue weighted by Gasteiger charge is -2.34. The Morgan fingerprint density at radius 3 is 2.41 bits per heavy atom. The molecule has 2 heterocycles. The third-order valence-corrected chi connectivity index (χ3v) is 7.78. The van der Waals surface area contributed by atoms with E-state index in [9.17, 15) is 13.2 Å². The summed E-state index contributed by atoms with van der Waals surface area (Å²) in [6.45, 7) is 1.00. The standard InChI is InChI=1S/C20H19Cl2N3O3S/c1-23-13-16(15-4-2-3-5-18(15)23)20(26)24-8-10-25(11-9-24)29(27,28)19-12-14(21)6-7-17(19)22/h2-7,12-13H,8-11H2,1H3. The first kappa shape index (κ1) is 20.2. The van der Waals surface area contributed by atoms with Gasteiger partial charge in [0.1, 0.15) is 4.90 Å². The zero-order chi connectivity index (χ0) is 20.8. The topological polar surface area (TPSA) is 62.6 Å². The number of carbonyl (C=O) groups is 1. The zero-order valence-electron chi connectivity index (χ0n) is 15.7. The molecule has 1 aliphatic rings. The second-order valence-electron chi connectivity index (χ2n) is 6.94. The van der Waals surface area contributed by atoms with Crippen LogP contribution in [0.15, 0.2) is 53.6 Å². The smallest absolute Gasteiger partial charge is 0.256 e. The Bertz CT molecular complexity index is 1200. The van der Waals surface area contributed by atoms with Gasteiger partial charge in [-0.25, -0.2) is 8.42 Å². The maximum absolute atomic E-state index is 13.1. The van der Waals surface area contributed by atoms with Crippen LogP contribution in [0, 0.1) is 0 Å². The van der Waals surface area contributed by atoms with Crippen molar-refractivity contribution in [3.05, 3.63) is 64.3 Å². The molecule has 29 heavy (non-hydrogen) atoms.